The number of allylic oxidation sites excluding steroid dienone is 2. The number of hydrogen-bond acceptors (Lipinski definition) is 0. The van der Waals surface area contributed by atoms with Crippen LogP contribution < -0.4 is 0 Å². The van der Waals surface area contributed by atoms with E-state index in [-0.39, 0.29) is 0 Å². The standard InChI is InChI=1S/C23H46/c1-5-7-9-11-13-15-17-19-21-23(22(3)4)20-18-16-14-12-10-8-6-2/h10,12,22-23H,5-9,11,13-21H2,1-4H3. The molecule has 1 unspecified atom stereocenters. The summed E-state index contributed by atoms with van der Waals surface area (Å²) < 4.78 is 0. The van der Waals surface area contributed by atoms with Crippen molar-refractivity contribution in [2.75, 3.05) is 0 Å². The average molecular weight is 323 g/mol. The minimum atomic E-state index is 0.871. The lowest BCUT2D eigenvalue weighted by atomic mass is 9.86. The van der Waals surface area contributed by atoms with E-state index in [1.165, 1.54) is 96.3 Å². The maximum atomic E-state index is 2.43. The van der Waals surface area contributed by atoms with E-state index in [1.54, 1.807) is 0 Å². The maximum absolute atomic E-state index is 2.43. The van der Waals surface area contributed by atoms with Crippen molar-refractivity contribution in [2.24, 2.45) is 11.8 Å². The van der Waals surface area contributed by atoms with Crippen LogP contribution in [0.4, 0.5) is 0 Å². The van der Waals surface area contributed by atoms with Crippen molar-refractivity contribution in [3.63, 3.8) is 0 Å². The van der Waals surface area contributed by atoms with Gasteiger partial charge in [0, 0.05) is 0 Å². The molecule has 138 valence electrons. The number of hydrogen-bond donors (Lipinski definition) is 0. The first-order valence-electron chi connectivity index (χ1n) is 10.9. The molecule has 0 nitrogen and oxygen atoms in total. The van der Waals surface area contributed by atoms with Crippen molar-refractivity contribution in [3.8, 4) is 0 Å². The second kappa shape index (κ2) is 18.1. The van der Waals surface area contributed by atoms with Crippen LogP contribution in [0.5, 0.6) is 0 Å². The van der Waals surface area contributed by atoms with Crippen LogP contribution >= 0.6 is 0 Å². The first-order chi connectivity index (χ1) is 11.2. The van der Waals surface area contributed by atoms with Gasteiger partial charge < -0.3 is 0 Å². The fourth-order valence-electron chi connectivity index (χ4n) is 3.42. The predicted molar refractivity (Wildman–Crippen MR) is 108 cm³/mol. The average Bonchev–Trinajstić information content (AvgIpc) is 2.54. The van der Waals surface area contributed by atoms with Gasteiger partial charge in [0.2, 0.25) is 0 Å². The molecule has 0 heteroatoms. The molecule has 0 bridgehead atoms. The van der Waals surface area contributed by atoms with Crippen molar-refractivity contribution in [2.45, 2.75) is 124 Å². The van der Waals surface area contributed by atoms with Crippen LogP contribution in [-0.2, 0) is 0 Å². The minimum Gasteiger partial charge on any atom is -0.0885 e. The molecule has 0 aliphatic rings. The number of rotatable bonds is 17. The largest absolute Gasteiger partial charge is 0.0885 e. The molecule has 0 amide bonds. The summed E-state index contributed by atoms with van der Waals surface area (Å²) in [7, 11) is 0. The summed E-state index contributed by atoms with van der Waals surface area (Å²) in [6, 6.07) is 0. The highest BCUT2D eigenvalue weighted by molar-refractivity contribution is 4.80. The third-order valence-corrected chi connectivity index (χ3v) is 5.19. The van der Waals surface area contributed by atoms with Crippen LogP contribution in [0.1, 0.15) is 124 Å². The molecule has 1 atom stereocenters. The summed E-state index contributed by atoms with van der Waals surface area (Å²) in [5.41, 5.74) is 0. The van der Waals surface area contributed by atoms with Gasteiger partial charge in [-0.3, -0.25) is 0 Å². The van der Waals surface area contributed by atoms with E-state index in [9.17, 15) is 0 Å². The van der Waals surface area contributed by atoms with Crippen molar-refractivity contribution >= 4 is 0 Å². The van der Waals surface area contributed by atoms with Gasteiger partial charge in [0.25, 0.3) is 0 Å². The van der Waals surface area contributed by atoms with E-state index in [1.807, 2.05) is 0 Å². The van der Waals surface area contributed by atoms with Gasteiger partial charge in [0.15, 0.2) is 0 Å². The number of unbranched alkanes of at least 4 members (excludes halogenated alkanes) is 10. The summed E-state index contributed by atoms with van der Waals surface area (Å²) in [6.07, 6.45) is 25.9. The molecular weight excluding hydrogens is 276 g/mol. The molecular formula is C23H46. The van der Waals surface area contributed by atoms with E-state index >= 15 is 0 Å². The molecule has 0 radical (unpaired) electrons. The van der Waals surface area contributed by atoms with E-state index in [0.717, 1.165) is 11.8 Å². The molecule has 0 spiro atoms. The Hall–Kier alpha value is -0.260. The van der Waals surface area contributed by atoms with Gasteiger partial charge in [0.1, 0.15) is 0 Å². The van der Waals surface area contributed by atoms with Crippen molar-refractivity contribution < 1.29 is 0 Å². The minimum absolute atomic E-state index is 0.871. The maximum Gasteiger partial charge on any atom is -0.0351 e. The van der Waals surface area contributed by atoms with Crippen LogP contribution in [-0.4, -0.2) is 0 Å². The molecule has 23 heavy (non-hydrogen) atoms. The van der Waals surface area contributed by atoms with E-state index in [4.69, 9.17) is 0 Å². The van der Waals surface area contributed by atoms with Crippen molar-refractivity contribution in [1.82, 2.24) is 0 Å². The molecule has 0 fully saturated rings. The van der Waals surface area contributed by atoms with Gasteiger partial charge in [-0.25, -0.2) is 0 Å². The van der Waals surface area contributed by atoms with Crippen LogP contribution in [0.2, 0.25) is 0 Å². The Kier molecular flexibility index (Phi) is 17.9. The van der Waals surface area contributed by atoms with Gasteiger partial charge >= 0.3 is 0 Å². The highest BCUT2D eigenvalue weighted by Gasteiger charge is 2.12. The lowest BCUT2D eigenvalue weighted by Gasteiger charge is -2.20. The van der Waals surface area contributed by atoms with Crippen LogP contribution in [0, 0.1) is 11.8 Å². The Bertz CT molecular complexity index is 238. The molecule has 0 N–H and O–H groups in total. The highest BCUT2D eigenvalue weighted by atomic mass is 14.2. The highest BCUT2D eigenvalue weighted by Crippen LogP contribution is 2.25. The first-order valence-corrected chi connectivity index (χ1v) is 10.9. The molecule has 0 aromatic heterocycles. The third kappa shape index (κ3) is 16.4. The van der Waals surface area contributed by atoms with E-state index in [0.29, 0.717) is 0 Å². The Labute approximate surface area is 148 Å². The second-order valence-electron chi connectivity index (χ2n) is 7.81. The zero-order valence-electron chi connectivity index (χ0n) is 16.9. The Balaban J connectivity index is 3.55. The summed E-state index contributed by atoms with van der Waals surface area (Å²) >= 11 is 0. The fourth-order valence-corrected chi connectivity index (χ4v) is 3.42. The monoisotopic (exact) mass is 322 g/mol. The Morgan fingerprint density at radius 2 is 1.09 bits per heavy atom. The first kappa shape index (κ1) is 22.7. The summed E-state index contributed by atoms with van der Waals surface area (Å²) in [5, 5.41) is 0. The van der Waals surface area contributed by atoms with Crippen LogP contribution in [0.3, 0.4) is 0 Å². The van der Waals surface area contributed by atoms with Gasteiger partial charge in [-0.15, -0.1) is 0 Å². The van der Waals surface area contributed by atoms with Gasteiger partial charge in [0.05, 0.1) is 0 Å². The van der Waals surface area contributed by atoms with Crippen molar-refractivity contribution in [1.29, 1.82) is 0 Å². The molecule has 0 rings (SSSR count). The second-order valence-corrected chi connectivity index (χ2v) is 7.81. The summed E-state index contributed by atoms with van der Waals surface area (Å²) in [5.74, 6) is 1.84. The van der Waals surface area contributed by atoms with E-state index in [2.05, 4.69) is 39.8 Å². The van der Waals surface area contributed by atoms with Crippen LogP contribution in [0.25, 0.3) is 0 Å². The Morgan fingerprint density at radius 3 is 1.65 bits per heavy atom. The zero-order valence-corrected chi connectivity index (χ0v) is 16.9. The molecule has 0 aromatic rings. The quantitative estimate of drug-likeness (QED) is 0.185. The van der Waals surface area contributed by atoms with E-state index < -0.39 is 0 Å². The zero-order chi connectivity index (χ0) is 17.2. The van der Waals surface area contributed by atoms with Gasteiger partial charge in [-0.2, -0.15) is 0 Å². The fraction of sp³-hybridized carbons (Fsp3) is 0.913. The molecule has 0 heterocycles. The normalized spacial score (nSPS) is 13.3. The lowest BCUT2D eigenvalue weighted by molar-refractivity contribution is 0.314. The predicted octanol–water partition coefficient (Wildman–Crippen LogP) is 8.71. The third-order valence-electron chi connectivity index (χ3n) is 5.19. The topological polar surface area (TPSA) is 0 Å². The summed E-state index contributed by atoms with van der Waals surface area (Å²) in [4.78, 5) is 0. The molecule has 0 aromatic carbocycles. The Morgan fingerprint density at radius 1 is 0.565 bits per heavy atom. The molecule has 0 aliphatic heterocycles. The smallest absolute Gasteiger partial charge is 0.0351 e. The molecule has 0 saturated heterocycles. The van der Waals surface area contributed by atoms with Gasteiger partial charge in [-0.05, 0) is 31.1 Å². The summed E-state index contributed by atoms with van der Waals surface area (Å²) in [6.45, 7) is 9.41. The lowest BCUT2D eigenvalue weighted by Crippen LogP contribution is -2.08. The van der Waals surface area contributed by atoms with Crippen molar-refractivity contribution in [3.05, 3.63) is 12.2 Å². The van der Waals surface area contributed by atoms with Gasteiger partial charge in [-0.1, -0.05) is 117 Å². The molecule has 0 saturated carbocycles. The molecule has 0 aliphatic carbocycles. The van der Waals surface area contributed by atoms with Crippen LogP contribution in [0.15, 0.2) is 12.2 Å². The SMILES string of the molecule is CCCC=CCCCCC(CCCCCCCCCC)C(C)C.